The van der Waals surface area contributed by atoms with E-state index in [4.69, 9.17) is 4.84 Å². The van der Waals surface area contributed by atoms with Crippen LogP contribution in [0.5, 0.6) is 0 Å². The standard InChI is InChI=1S/C20H32N2O3S3/c1-14(13-20(5,6)18(24)25-22-26)15-8-7-9-16(12-15)17(23)21-10-11-27-28-19(2,3)4/h7-9,12,14,22,26H,10-11,13H2,1-6H3,(H,21,23). The van der Waals surface area contributed by atoms with E-state index in [1.807, 2.05) is 55.8 Å². The van der Waals surface area contributed by atoms with E-state index >= 15 is 0 Å². The summed E-state index contributed by atoms with van der Waals surface area (Å²) in [6, 6.07) is 7.57. The normalized spacial score (nSPS) is 13.1. The number of amides is 1. The molecule has 28 heavy (non-hydrogen) atoms. The monoisotopic (exact) mass is 444 g/mol. The first-order valence-corrected chi connectivity index (χ1v) is 12.0. The fourth-order valence-electron chi connectivity index (χ4n) is 2.66. The van der Waals surface area contributed by atoms with Crippen LogP contribution in [-0.4, -0.2) is 28.9 Å². The van der Waals surface area contributed by atoms with Crippen LogP contribution in [0.4, 0.5) is 0 Å². The van der Waals surface area contributed by atoms with Crippen molar-refractivity contribution in [3.8, 4) is 0 Å². The van der Waals surface area contributed by atoms with Crippen LogP contribution in [0.1, 0.15) is 69.8 Å². The molecule has 8 heteroatoms. The molecule has 158 valence electrons. The number of thiol groups is 1. The molecule has 0 radical (unpaired) electrons. The molecular weight excluding hydrogens is 412 g/mol. The van der Waals surface area contributed by atoms with Crippen molar-refractivity contribution in [1.29, 1.82) is 0 Å². The van der Waals surface area contributed by atoms with E-state index in [0.29, 0.717) is 18.5 Å². The third-order valence-corrected chi connectivity index (χ3v) is 7.44. The van der Waals surface area contributed by atoms with Gasteiger partial charge in [0.15, 0.2) is 0 Å². The molecule has 0 saturated heterocycles. The summed E-state index contributed by atoms with van der Waals surface area (Å²) in [6.45, 7) is 12.9. The Labute approximate surface area is 182 Å². The predicted molar refractivity (Wildman–Crippen MR) is 124 cm³/mol. The summed E-state index contributed by atoms with van der Waals surface area (Å²) in [5, 5.41) is 2.97. The van der Waals surface area contributed by atoms with E-state index in [1.54, 1.807) is 10.8 Å². The highest BCUT2D eigenvalue weighted by molar-refractivity contribution is 8.77. The van der Waals surface area contributed by atoms with Crippen LogP contribution in [-0.2, 0) is 9.63 Å². The third-order valence-electron chi connectivity index (χ3n) is 4.01. The maximum absolute atomic E-state index is 12.4. The van der Waals surface area contributed by atoms with Gasteiger partial charge in [-0.1, -0.05) is 79.1 Å². The van der Waals surface area contributed by atoms with Crippen LogP contribution in [0.2, 0.25) is 0 Å². The molecule has 0 saturated carbocycles. The van der Waals surface area contributed by atoms with Crippen LogP contribution in [0, 0.1) is 5.41 Å². The van der Waals surface area contributed by atoms with Gasteiger partial charge in [0, 0.05) is 22.6 Å². The molecule has 1 aromatic rings. The van der Waals surface area contributed by atoms with E-state index in [-0.39, 0.29) is 22.5 Å². The molecule has 0 aliphatic carbocycles. The maximum Gasteiger partial charge on any atom is 0.331 e. The largest absolute Gasteiger partial charge is 0.360 e. The first-order chi connectivity index (χ1) is 13.0. The van der Waals surface area contributed by atoms with Gasteiger partial charge in [-0.15, -0.1) is 0 Å². The highest BCUT2D eigenvalue weighted by Crippen LogP contribution is 2.34. The molecule has 1 rings (SSSR count). The molecule has 0 aromatic heterocycles. The van der Waals surface area contributed by atoms with E-state index < -0.39 is 5.41 Å². The van der Waals surface area contributed by atoms with Gasteiger partial charge in [0.1, 0.15) is 0 Å². The van der Waals surface area contributed by atoms with Gasteiger partial charge in [0.2, 0.25) is 0 Å². The van der Waals surface area contributed by atoms with Crippen LogP contribution in [0.25, 0.3) is 0 Å². The van der Waals surface area contributed by atoms with Crippen molar-refractivity contribution < 1.29 is 14.4 Å². The summed E-state index contributed by atoms with van der Waals surface area (Å²) < 4.78 is 0.211. The lowest BCUT2D eigenvalue weighted by Crippen LogP contribution is -2.30. The Balaban J connectivity index is 2.62. The Bertz CT molecular complexity index is 660. The zero-order valence-corrected chi connectivity index (χ0v) is 20.0. The molecule has 1 aromatic carbocycles. The second-order valence-electron chi connectivity index (χ2n) is 8.37. The van der Waals surface area contributed by atoms with Gasteiger partial charge in [-0.25, -0.2) is 4.79 Å². The van der Waals surface area contributed by atoms with E-state index in [1.165, 1.54) is 0 Å². The van der Waals surface area contributed by atoms with Gasteiger partial charge in [-0.05, 0) is 43.9 Å². The zero-order chi connectivity index (χ0) is 21.4. The number of rotatable bonds is 10. The molecule has 2 N–H and O–H groups in total. The minimum atomic E-state index is -0.671. The molecule has 1 amide bonds. The SMILES string of the molecule is CC(CC(C)(C)C(=O)ONS)c1cccc(C(=O)NCCSSC(C)(C)C)c1. The summed E-state index contributed by atoms with van der Waals surface area (Å²) in [4.78, 5) is 31.4. The van der Waals surface area contributed by atoms with Crippen LogP contribution in [0.3, 0.4) is 0 Å². The van der Waals surface area contributed by atoms with Crippen molar-refractivity contribution in [3.05, 3.63) is 35.4 Å². The summed E-state index contributed by atoms with van der Waals surface area (Å²) in [7, 11) is 3.58. The number of hydrogen-bond donors (Lipinski definition) is 3. The first-order valence-electron chi connectivity index (χ1n) is 9.25. The van der Waals surface area contributed by atoms with Crippen molar-refractivity contribution >= 4 is 46.3 Å². The second kappa shape index (κ2) is 11.4. The predicted octanol–water partition coefficient (Wildman–Crippen LogP) is 5.01. The van der Waals surface area contributed by atoms with E-state index in [2.05, 4.69) is 43.8 Å². The van der Waals surface area contributed by atoms with Gasteiger partial charge in [-0.3, -0.25) is 4.79 Å². The molecule has 0 spiro atoms. The Morgan fingerprint density at radius 2 is 1.89 bits per heavy atom. The Morgan fingerprint density at radius 3 is 2.50 bits per heavy atom. The maximum atomic E-state index is 12.4. The van der Waals surface area contributed by atoms with Crippen molar-refractivity contribution in [2.24, 2.45) is 5.41 Å². The lowest BCUT2D eigenvalue weighted by molar-refractivity contribution is -0.157. The van der Waals surface area contributed by atoms with Crippen LogP contribution >= 0.6 is 34.4 Å². The fraction of sp³-hybridized carbons (Fsp3) is 0.600. The average molecular weight is 445 g/mol. The van der Waals surface area contributed by atoms with Crippen molar-refractivity contribution in [3.63, 3.8) is 0 Å². The average Bonchev–Trinajstić information content (AvgIpc) is 2.60. The van der Waals surface area contributed by atoms with Crippen LogP contribution in [0.15, 0.2) is 24.3 Å². The van der Waals surface area contributed by atoms with Crippen LogP contribution < -0.4 is 10.2 Å². The number of hydrogen-bond acceptors (Lipinski definition) is 7. The van der Waals surface area contributed by atoms with Gasteiger partial charge in [-0.2, -0.15) is 0 Å². The fourth-order valence-corrected chi connectivity index (χ4v) is 4.93. The first kappa shape index (κ1) is 25.2. The van der Waals surface area contributed by atoms with Crippen molar-refractivity contribution in [2.45, 2.75) is 58.6 Å². The molecule has 0 bridgehead atoms. The number of benzene rings is 1. The summed E-state index contributed by atoms with van der Waals surface area (Å²) >= 11 is 3.70. The summed E-state index contributed by atoms with van der Waals surface area (Å²) in [5.74, 6) is 0.510. The molecular formula is C20H32N2O3S3. The zero-order valence-electron chi connectivity index (χ0n) is 17.5. The summed E-state index contributed by atoms with van der Waals surface area (Å²) in [5.41, 5.74) is 0.982. The van der Waals surface area contributed by atoms with Crippen molar-refractivity contribution in [2.75, 3.05) is 12.3 Å². The number of carbonyl (C=O) groups is 2. The Kier molecular flexibility index (Phi) is 10.2. The van der Waals surface area contributed by atoms with E-state index in [0.717, 1.165) is 11.3 Å². The van der Waals surface area contributed by atoms with E-state index in [9.17, 15) is 9.59 Å². The topological polar surface area (TPSA) is 67.4 Å². The summed E-state index contributed by atoms with van der Waals surface area (Å²) in [6.07, 6.45) is 0.590. The molecule has 1 unspecified atom stereocenters. The number of carbonyl (C=O) groups excluding carboxylic acids is 2. The molecule has 1 atom stereocenters. The van der Waals surface area contributed by atoms with Crippen molar-refractivity contribution in [1.82, 2.24) is 10.2 Å². The quantitative estimate of drug-likeness (QED) is 0.204. The van der Waals surface area contributed by atoms with Gasteiger partial charge >= 0.3 is 5.97 Å². The van der Waals surface area contributed by atoms with Gasteiger partial charge < -0.3 is 10.2 Å². The molecule has 0 heterocycles. The smallest absolute Gasteiger partial charge is 0.331 e. The lowest BCUT2D eigenvalue weighted by atomic mass is 9.80. The Hall–Kier alpha value is -0.830. The number of nitrogens with one attached hydrogen (secondary N) is 2. The Morgan fingerprint density at radius 1 is 1.21 bits per heavy atom. The lowest BCUT2D eigenvalue weighted by Gasteiger charge is -2.25. The minimum absolute atomic E-state index is 0.0756. The third kappa shape index (κ3) is 9.11. The molecule has 5 nitrogen and oxygen atoms in total. The minimum Gasteiger partial charge on any atom is -0.360 e. The second-order valence-corrected chi connectivity index (χ2v) is 11.8. The molecule has 0 aliphatic rings. The highest BCUT2D eigenvalue weighted by Gasteiger charge is 2.32. The van der Waals surface area contributed by atoms with Gasteiger partial charge in [0.05, 0.1) is 5.41 Å². The highest BCUT2D eigenvalue weighted by atomic mass is 33.1. The van der Waals surface area contributed by atoms with Gasteiger partial charge in [0.25, 0.3) is 5.91 Å². The molecule has 0 aliphatic heterocycles. The molecule has 0 fully saturated rings.